The van der Waals surface area contributed by atoms with Crippen LogP contribution in [0.2, 0.25) is 0 Å². The standard InChI is InChI=1S/C26H28N4O3S/c1-16-6-8-19(9-7-16)12-22-17(2)29-30(18(22)3)26-27-20(15-34-26)13-25(31)28-23-11-10-21(32-4)14-24(23)33-5/h6-11,14-15H,12-13H2,1-5H3,(H,28,31). The fraction of sp³-hybridized carbons (Fsp3) is 0.269. The lowest BCUT2D eigenvalue weighted by atomic mass is 10.0. The molecule has 7 nitrogen and oxygen atoms in total. The van der Waals surface area contributed by atoms with Crippen molar-refractivity contribution in [3.8, 4) is 16.6 Å². The van der Waals surface area contributed by atoms with Crippen molar-refractivity contribution in [2.75, 3.05) is 19.5 Å². The molecule has 2 heterocycles. The summed E-state index contributed by atoms with van der Waals surface area (Å²) in [7, 11) is 3.14. The molecule has 0 unspecified atom stereocenters. The Bertz CT molecular complexity index is 1310. The van der Waals surface area contributed by atoms with Crippen molar-refractivity contribution < 1.29 is 14.3 Å². The van der Waals surface area contributed by atoms with E-state index < -0.39 is 0 Å². The summed E-state index contributed by atoms with van der Waals surface area (Å²) in [5.41, 5.74) is 7.02. The van der Waals surface area contributed by atoms with Gasteiger partial charge < -0.3 is 14.8 Å². The summed E-state index contributed by atoms with van der Waals surface area (Å²) in [4.78, 5) is 17.3. The van der Waals surface area contributed by atoms with Gasteiger partial charge in [-0.3, -0.25) is 4.79 Å². The molecule has 2 aromatic carbocycles. The number of thiazole rings is 1. The first kappa shape index (κ1) is 23.5. The third-order valence-electron chi connectivity index (χ3n) is 5.69. The van der Waals surface area contributed by atoms with Gasteiger partial charge in [-0.15, -0.1) is 11.3 Å². The highest BCUT2D eigenvalue weighted by molar-refractivity contribution is 7.12. The normalized spacial score (nSPS) is 10.9. The topological polar surface area (TPSA) is 78.3 Å². The second-order valence-electron chi connectivity index (χ2n) is 8.14. The Hall–Kier alpha value is -3.65. The zero-order valence-electron chi connectivity index (χ0n) is 20.0. The van der Waals surface area contributed by atoms with Gasteiger partial charge >= 0.3 is 0 Å². The number of aromatic nitrogens is 3. The summed E-state index contributed by atoms with van der Waals surface area (Å²) in [6.45, 7) is 6.18. The minimum Gasteiger partial charge on any atom is -0.497 e. The number of amides is 1. The Balaban J connectivity index is 1.47. The van der Waals surface area contributed by atoms with Crippen LogP contribution in [0.4, 0.5) is 5.69 Å². The molecular weight excluding hydrogens is 448 g/mol. The smallest absolute Gasteiger partial charge is 0.230 e. The molecule has 4 aromatic rings. The molecule has 1 amide bonds. The first-order chi connectivity index (χ1) is 16.4. The number of nitrogens with one attached hydrogen (secondary N) is 1. The first-order valence-electron chi connectivity index (χ1n) is 10.9. The first-order valence-corrected chi connectivity index (χ1v) is 11.8. The van der Waals surface area contributed by atoms with Gasteiger partial charge in [-0.05, 0) is 38.5 Å². The van der Waals surface area contributed by atoms with Crippen molar-refractivity contribution >= 4 is 22.9 Å². The molecule has 2 aromatic heterocycles. The molecule has 0 saturated heterocycles. The number of ether oxygens (including phenoxy) is 2. The molecular formula is C26H28N4O3S. The number of methoxy groups -OCH3 is 2. The van der Waals surface area contributed by atoms with Crippen LogP contribution in [-0.2, 0) is 17.6 Å². The van der Waals surface area contributed by atoms with E-state index in [0.717, 1.165) is 22.9 Å². The second kappa shape index (κ2) is 10.1. The van der Waals surface area contributed by atoms with Crippen LogP contribution in [0, 0.1) is 20.8 Å². The zero-order chi connectivity index (χ0) is 24.2. The maximum atomic E-state index is 12.6. The van der Waals surface area contributed by atoms with Crippen molar-refractivity contribution in [1.29, 1.82) is 0 Å². The number of carbonyl (C=O) groups is 1. The van der Waals surface area contributed by atoms with E-state index >= 15 is 0 Å². The Kier molecular flexibility index (Phi) is 6.98. The van der Waals surface area contributed by atoms with Crippen LogP contribution in [-0.4, -0.2) is 34.9 Å². The molecule has 0 spiro atoms. The highest BCUT2D eigenvalue weighted by Crippen LogP contribution is 2.29. The number of carbonyl (C=O) groups excluding carboxylic acids is 1. The van der Waals surface area contributed by atoms with Gasteiger partial charge in [-0.25, -0.2) is 9.67 Å². The molecule has 0 aliphatic carbocycles. The van der Waals surface area contributed by atoms with E-state index in [4.69, 9.17) is 14.6 Å². The predicted octanol–water partition coefficient (Wildman–Crippen LogP) is 5.04. The van der Waals surface area contributed by atoms with E-state index in [1.807, 2.05) is 17.0 Å². The number of benzene rings is 2. The van der Waals surface area contributed by atoms with Crippen molar-refractivity contribution in [2.24, 2.45) is 0 Å². The molecule has 34 heavy (non-hydrogen) atoms. The average Bonchev–Trinajstić information content (AvgIpc) is 3.40. The molecule has 0 saturated carbocycles. The summed E-state index contributed by atoms with van der Waals surface area (Å²) in [6.07, 6.45) is 0.976. The van der Waals surface area contributed by atoms with Crippen LogP contribution in [0.15, 0.2) is 47.8 Å². The Labute approximate surface area is 203 Å². The van der Waals surface area contributed by atoms with Crippen LogP contribution in [0.1, 0.15) is 33.8 Å². The van der Waals surface area contributed by atoms with E-state index in [9.17, 15) is 4.79 Å². The monoisotopic (exact) mass is 476 g/mol. The van der Waals surface area contributed by atoms with E-state index in [1.54, 1.807) is 32.4 Å². The largest absolute Gasteiger partial charge is 0.497 e. The molecule has 0 fully saturated rings. The number of rotatable bonds is 8. The SMILES string of the molecule is COc1ccc(NC(=O)Cc2csc(-n3nc(C)c(Cc4ccc(C)cc4)c3C)n2)c(OC)c1. The van der Waals surface area contributed by atoms with Gasteiger partial charge in [-0.2, -0.15) is 5.10 Å². The molecule has 8 heteroatoms. The zero-order valence-corrected chi connectivity index (χ0v) is 20.8. The molecule has 0 bridgehead atoms. The minimum absolute atomic E-state index is 0.154. The summed E-state index contributed by atoms with van der Waals surface area (Å²) in [5.74, 6) is 1.02. The van der Waals surface area contributed by atoms with Crippen molar-refractivity contribution in [3.05, 3.63) is 81.6 Å². The van der Waals surface area contributed by atoms with Gasteiger partial charge in [0.1, 0.15) is 11.5 Å². The summed E-state index contributed by atoms with van der Waals surface area (Å²) < 4.78 is 12.4. The highest BCUT2D eigenvalue weighted by atomic mass is 32.1. The molecule has 0 radical (unpaired) electrons. The molecule has 176 valence electrons. The molecule has 0 aliphatic heterocycles. The fourth-order valence-corrected chi connectivity index (χ4v) is 4.59. The van der Waals surface area contributed by atoms with E-state index in [1.165, 1.54) is 28.0 Å². The number of aryl methyl sites for hydroxylation is 2. The number of hydrogen-bond donors (Lipinski definition) is 1. The average molecular weight is 477 g/mol. The number of anilines is 1. The second-order valence-corrected chi connectivity index (χ2v) is 8.97. The van der Waals surface area contributed by atoms with Crippen molar-refractivity contribution in [3.63, 3.8) is 0 Å². The van der Waals surface area contributed by atoms with Crippen LogP contribution in [0.25, 0.3) is 5.13 Å². The lowest BCUT2D eigenvalue weighted by Crippen LogP contribution is -2.15. The third kappa shape index (κ3) is 5.12. The van der Waals surface area contributed by atoms with Gasteiger partial charge in [0.05, 0.1) is 37.7 Å². The van der Waals surface area contributed by atoms with Crippen molar-refractivity contribution in [2.45, 2.75) is 33.6 Å². The fourth-order valence-electron chi connectivity index (χ4n) is 3.76. The van der Waals surface area contributed by atoms with E-state index in [-0.39, 0.29) is 12.3 Å². The quantitative estimate of drug-likeness (QED) is 0.385. The predicted molar refractivity (Wildman–Crippen MR) is 135 cm³/mol. The maximum absolute atomic E-state index is 12.6. The van der Waals surface area contributed by atoms with Gasteiger partial charge in [0.15, 0.2) is 0 Å². The Morgan fingerprint density at radius 1 is 1.06 bits per heavy atom. The lowest BCUT2D eigenvalue weighted by Gasteiger charge is -2.11. The molecule has 0 aliphatic rings. The van der Waals surface area contributed by atoms with Gasteiger partial charge in [0, 0.05) is 29.1 Å². The van der Waals surface area contributed by atoms with Crippen LogP contribution >= 0.6 is 11.3 Å². The van der Waals surface area contributed by atoms with Crippen molar-refractivity contribution in [1.82, 2.24) is 14.8 Å². The van der Waals surface area contributed by atoms with Crippen LogP contribution < -0.4 is 14.8 Å². The summed E-state index contributed by atoms with van der Waals surface area (Å²) >= 11 is 1.48. The number of hydrogen-bond acceptors (Lipinski definition) is 6. The van der Waals surface area contributed by atoms with Gasteiger partial charge in [0.25, 0.3) is 0 Å². The minimum atomic E-state index is -0.172. The molecule has 1 N–H and O–H groups in total. The summed E-state index contributed by atoms with van der Waals surface area (Å²) in [5, 5.41) is 10.3. The van der Waals surface area contributed by atoms with E-state index in [0.29, 0.717) is 22.9 Å². The van der Waals surface area contributed by atoms with E-state index in [2.05, 4.69) is 48.4 Å². The van der Waals surface area contributed by atoms with Gasteiger partial charge in [-0.1, -0.05) is 29.8 Å². The lowest BCUT2D eigenvalue weighted by molar-refractivity contribution is -0.115. The van der Waals surface area contributed by atoms with Crippen LogP contribution in [0.5, 0.6) is 11.5 Å². The Morgan fingerprint density at radius 3 is 2.53 bits per heavy atom. The third-order valence-corrected chi connectivity index (χ3v) is 6.55. The summed E-state index contributed by atoms with van der Waals surface area (Å²) in [6, 6.07) is 13.8. The van der Waals surface area contributed by atoms with Crippen LogP contribution in [0.3, 0.4) is 0 Å². The van der Waals surface area contributed by atoms with Gasteiger partial charge in [0.2, 0.25) is 11.0 Å². The molecule has 0 atom stereocenters. The maximum Gasteiger partial charge on any atom is 0.230 e. The Morgan fingerprint density at radius 2 is 1.82 bits per heavy atom. The highest BCUT2D eigenvalue weighted by Gasteiger charge is 2.17. The number of nitrogens with zero attached hydrogens (tertiary/aromatic N) is 3. The molecule has 4 rings (SSSR count).